The van der Waals surface area contributed by atoms with Crippen molar-refractivity contribution < 1.29 is 4.39 Å². The van der Waals surface area contributed by atoms with E-state index >= 15 is 0 Å². The van der Waals surface area contributed by atoms with Gasteiger partial charge in [0.05, 0.1) is 0 Å². The van der Waals surface area contributed by atoms with Gasteiger partial charge in [0.15, 0.2) is 0 Å². The lowest BCUT2D eigenvalue weighted by Crippen LogP contribution is -1.80. The quantitative estimate of drug-likeness (QED) is 0.646. The highest BCUT2D eigenvalue weighted by molar-refractivity contribution is 5.43. The lowest BCUT2D eigenvalue weighted by atomic mass is 10.1. The normalized spacial score (nSPS) is 9.53. The summed E-state index contributed by atoms with van der Waals surface area (Å²) < 4.78 is 12.7. The van der Waals surface area contributed by atoms with E-state index in [9.17, 15) is 4.39 Å². The fourth-order valence-corrected chi connectivity index (χ4v) is 1.50. The minimum Gasteiger partial charge on any atom is -0.207 e. The standard InChI is InChI=1S/C16H13F/c1-2-13-3-5-14(6-4-13)7-8-15-9-11-16(17)12-10-15/h3-6,9-12H,2H2,1H3. The summed E-state index contributed by atoms with van der Waals surface area (Å²) >= 11 is 0. The van der Waals surface area contributed by atoms with E-state index in [-0.39, 0.29) is 5.82 Å². The minimum absolute atomic E-state index is 0.233. The first-order chi connectivity index (χ1) is 8.28. The molecular weight excluding hydrogens is 211 g/mol. The zero-order chi connectivity index (χ0) is 12.1. The summed E-state index contributed by atoms with van der Waals surface area (Å²) in [5.41, 5.74) is 3.11. The van der Waals surface area contributed by atoms with Crippen molar-refractivity contribution in [2.24, 2.45) is 0 Å². The SMILES string of the molecule is CCc1ccc(C#Cc2ccc(F)cc2)cc1. The summed E-state index contributed by atoms with van der Waals surface area (Å²) in [6.45, 7) is 2.12. The number of halogens is 1. The third-order valence-electron chi connectivity index (χ3n) is 2.56. The van der Waals surface area contributed by atoms with Crippen molar-refractivity contribution in [3.8, 4) is 11.8 Å². The van der Waals surface area contributed by atoms with Crippen LogP contribution in [0.5, 0.6) is 0 Å². The second kappa shape index (κ2) is 5.32. The number of aryl methyl sites for hydroxylation is 1. The molecule has 0 fully saturated rings. The Morgan fingerprint density at radius 3 is 1.76 bits per heavy atom. The summed E-state index contributed by atoms with van der Waals surface area (Å²) in [5, 5.41) is 0. The molecule has 84 valence electrons. The average Bonchev–Trinajstić information content (AvgIpc) is 2.39. The fraction of sp³-hybridized carbons (Fsp3) is 0.125. The molecule has 0 N–H and O–H groups in total. The summed E-state index contributed by atoms with van der Waals surface area (Å²) in [6, 6.07) is 14.4. The Bertz CT molecular complexity index is 539. The van der Waals surface area contributed by atoms with E-state index in [0.717, 1.165) is 17.5 Å². The van der Waals surface area contributed by atoms with Crippen LogP contribution < -0.4 is 0 Å². The fourth-order valence-electron chi connectivity index (χ4n) is 1.50. The van der Waals surface area contributed by atoms with Crippen LogP contribution in [-0.2, 0) is 6.42 Å². The molecule has 0 saturated heterocycles. The lowest BCUT2D eigenvalue weighted by molar-refractivity contribution is 0.627. The predicted octanol–water partition coefficient (Wildman–Crippen LogP) is 3.79. The number of hydrogen-bond donors (Lipinski definition) is 0. The Kier molecular flexibility index (Phi) is 3.57. The van der Waals surface area contributed by atoms with Gasteiger partial charge < -0.3 is 0 Å². The maximum atomic E-state index is 12.7. The molecule has 0 aliphatic rings. The van der Waals surface area contributed by atoms with Gasteiger partial charge in [0, 0.05) is 11.1 Å². The molecule has 0 unspecified atom stereocenters. The van der Waals surface area contributed by atoms with Crippen molar-refractivity contribution >= 4 is 0 Å². The third kappa shape index (κ3) is 3.19. The molecule has 0 spiro atoms. The lowest BCUT2D eigenvalue weighted by Gasteiger charge is -1.95. The molecule has 2 aromatic carbocycles. The van der Waals surface area contributed by atoms with Crippen molar-refractivity contribution in [3.63, 3.8) is 0 Å². The molecule has 0 atom stereocenters. The van der Waals surface area contributed by atoms with Gasteiger partial charge in [-0.05, 0) is 48.4 Å². The van der Waals surface area contributed by atoms with Crippen LogP contribution in [-0.4, -0.2) is 0 Å². The Morgan fingerprint density at radius 1 is 0.824 bits per heavy atom. The largest absolute Gasteiger partial charge is 0.207 e. The van der Waals surface area contributed by atoms with Crippen LogP contribution in [0.1, 0.15) is 23.6 Å². The number of rotatable bonds is 1. The summed E-state index contributed by atoms with van der Waals surface area (Å²) in [6.07, 6.45) is 1.03. The highest BCUT2D eigenvalue weighted by Crippen LogP contribution is 2.05. The Labute approximate surface area is 101 Å². The third-order valence-corrected chi connectivity index (χ3v) is 2.56. The first kappa shape index (κ1) is 11.4. The zero-order valence-electron chi connectivity index (χ0n) is 9.70. The van der Waals surface area contributed by atoms with Crippen LogP contribution in [0.25, 0.3) is 0 Å². The van der Waals surface area contributed by atoms with Gasteiger partial charge in [-0.3, -0.25) is 0 Å². The van der Waals surface area contributed by atoms with Crippen LogP contribution in [0.3, 0.4) is 0 Å². The molecule has 0 aliphatic heterocycles. The van der Waals surface area contributed by atoms with Crippen LogP contribution in [0.15, 0.2) is 48.5 Å². The van der Waals surface area contributed by atoms with Gasteiger partial charge >= 0.3 is 0 Å². The van der Waals surface area contributed by atoms with Gasteiger partial charge in [-0.1, -0.05) is 30.9 Å². The van der Waals surface area contributed by atoms with Crippen LogP contribution in [0, 0.1) is 17.7 Å². The van der Waals surface area contributed by atoms with Gasteiger partial charge in [-0.2, -0.15) is 0 Å². The van der Waals surface area contributed by atoms with Crippen molar-refractivity contribution in [1.29, 1.82) is 0 Å². The Balaban J connectivity index is 2.17. The van der Waals surface area contributed by atoms with Gasteiger partial charge in [0.2, 0.25) is 0 Å². The first-order valence-corrected chi connectivity index (χ1v) is 5.64. The molecule has 0 saturated carbocycles. The van der Waals surface area contributed by atoms with E-state index in [1.807, 2.05) is 12.1 Å². The summed E-state index contributed by atoms with van der Waals surface area (Å²) in [7, 11) is 0. The molecule has 0 aliphatic carbocycles. The Morgan fingerprint density at radius 2 is 1.29 bits per heavy atom. The van der Waals surface area contributed by atoms with E-state index in [2.05, 4.69) is 30.9 Å². The maximum Gasteiger partial charge on any atom is 0.123 e. The van der Waals surface area contributed by atoms with Crippen LogP contribution in [0.2, 0.25) is 0 Å². The highest BCUT2D eigenvalue weighted by Gasteiger charge is 1.90. The smallest absolute Gasteiger partial charge is 0.123 e. The zero-order valence-corrected chi connectivity index (χ0v) is 9.70. The van der Waals surface area contributed by atoms with Crippen molar-refractivity contribution in [2.45, 2.75) is 13.3 Å². The molecule has 0 aromatic heterocycles. The average molecular weight is 224 g/mol. The van der Waals surface area contributed by atoms with E-state index in [0.29, 0.717) is 0 Å². The van der Waals surface area contributed by atoms with Gasteiger partial charge in [-0.25, -0.2) is 4.39 Å². The predicted molar refractivity (Wildman–Crippen MR) is 68.2 cm³/mol. The minimum atomic E-state index is -0.233. The van der Waals surface area contributed by atoms with E-state index in [4.69, 9.17) is 0 Å². The molecule has 17 heavy (non-hydrogen) atoms. The molecule has 2 aromatic rings. The van der Waals surface area contributed by atoms with Crippen molar-refractivity contribution in [1.82, 2.24) is 0 Å². The van der Waals surface area contributed by atoms with E-state index in [1.165, 1.54) is 17.7 Å². The molecule has 0 radical (unpaired) electrons. The summed E-state index contributed by atoms with van der Waals surface area (Å²) in [5.74, 6) is 5.83. The van der Waals surface area contributed by atoms with Crippen LogP contribution in [0.4, 0.5) is 4.39 Å². The number of benzene rings is 2. The molecule has 0 heterocycles. The van der Waals surface area contributed by atoms with Crippen LogP contribution >= 0.6 is 0 Å². The molecule has 0 nitrogen and oxygen atoms in total. The van der Waals surface area contributed by atoms with Gasteiger partial charge in [0.1, 0.15) is 5.82 Å². The van der Waals surface area contributed by atoms with Crippen molar-refractivity contribution in [2.75, 3.05) is 0 Å². The maximum absolute atomic E-state index is 12.7. The van der Waals surface area contributed by atoms with Crippen molar-refractivity contribution in [3.05, 3.63) is 71.0 Å². The highest BCUT2D eigenvalue weighted by atomic mass is 19.1. The molecule has 1 heteroatoms. The molecular formula is C16H13F. The molecule has 0 amide bonds. The second-order valence-corrected chi connectivity index (χ2v) is 3.81. The second-order valence-electron chi connectivity index (χ2n) is 3.81. The molecule has 0 bridgehead atoms. The number of hydrogen-bond acceptors (Lipinski definition) is 0. The van der Waals surface area contributed by atoms with Gasteiger partial charge in [-0.15, -0.1) is 0 Å². The van der Waals surface area contributed by atoms with E-state index < -0.39 is 0 Å². The molecule has 2 rings (SSSR count). The first-order valence-electron chi connectivity index (χ1n) is 5.64. The monoisotopic (exact) mass is 224 g/mol. The topological polar surface area (TPSA) is 0 Å². The van der Waals surface area contributed by atoms with Gasteiger partial charge in [0.25, 0.3) is 0 Å². The van der Waals surface area contributed by atoms with E-state index in [1.54, 1.807) is 12.1 Å². The summed E-state index contributed by atoms with van der Waals surface area (Å²) in [4.78, 5) is 0. The Hall–Kier alpha value is -2.07.